The Kier molecular flexibility index (Phi) is 5.32. The monoisotopic (exact) mass is 480 g/mol. The van der Waals surface area contributed by atoms with Gasteiger partial charge in [0.2, 0.25) is 12.6 Å². The number of ether oxygens (including phenoxy) is 6. The molecule has 3 aromatic rings. The first-order valence-corrected chi connectivity index (χ1v) is 10.9. The van der Waals surface area contributed by atoms with Crippen LogP contribution in [-0.2, 0) is 18.9 Å². The molecule has 12 nitrogen and oxygen atoms in total. The molecule has 2 N–H and O–H groups in total. The van der Waals surface area contributed by atoms with E-state index in [0.717, 1.165) is 5.56 Å². The third-order valence-electron chi connectivity index (χ3n) is 5.90. The number of rotatable bonds is 6. The number of carbonyl (C=O) groups is 2. The second kappa shape index (κ2) is 8.65. The average molecular weight is 480 g/mol. The SMILES string of the molecule is NC(=O)c1ncn(C2OC(COC(=O)c3ccc4c(c3)OCO4)C3OC(c4ccccc4)O[C@H]32)n1. The van der Waals surface area contributed by atoms with E-state index in [1.165, 1.54) is 11.0 Å². The zero-order chi connectivity index (χ0) is 23.9. The Morgan fingerprint density at radius 2 is 1.83 bits per heavy atom. The number of aromatic nitrogens is 3. The average Bonchev–Trinajstić information content (AvgIpc) is 3.66. The molecule has 4 unspecified atom stereocenters. The molecular weight excluding hydrogens is 460 g/mol. The lowest BCUT2D eigenvalue weighted by molar-refractivity contribution is -0.156. The Morgan fingerprint density at radius 1 is 1.03 bits per heavy atom. The van der Waals surface area contributed by atoms with E-state index in [1.807, 2.05) is 30.3 Å². The van der Waals surface area contributed by atoms with Gasteiger partial charge in [-0.3, -0.25) is 4.79 Å². The Balaban J connectivity index is 1.20. The number of nitrogens with two attached hydrogens (primary N) is 1. The Labute approximate surface area is 198 Å². The molecule has 1 amide bonds. The molecule has 3 aliphatic heterocycles. The van der Waals surface area contributed by atoms with Crippen molar-refractivity contribution in [1.82, 2.24) is 14.8 Å². The Morgan fingerprint density at radius 3 is 2.63 bits per heavy atom. The summed E-state index contributed by atoms with van der Waals surface area (Å²) < 4.78 is 35.9. The molecular formula is C23H20N4O8. The number of amides is 1. The van der Waals surface area contributed by atoms with Crippen molar-refractivity contribution in [3.8, 4) is 11.5 Å². The second-order valence-electron chi connectivity index (χ2n) is 8.09. The minimum absolute atomic E-state index is 0.104. The maximum atomic E-state index is 12.7. The highest BCUT2D eigenvalue weighted by molar-refractivity contribution is 5.90. The lowest BCUT2D eigenvalue weighted by Crippen LogP contribution is -2.32. The summed E-state index contributed by atoms with van der Waals surface area (Å²) in [6, 6.07) is 14.2. The smallest absolute Gasteiger partial charge is 0.338 e. The number of nitrogens with zero attached hydrogens (tertiary/aromatic N) is 3. The van der Waals surface area contributed by atoms with E-state index in [2.05, 4.69) is 10.1 Å². The maximum absolute atomic E-state index is 12.7. The lowest BCUT2D eigenvalue weighted by Gasteiger charge is -2.20. The fourth-order valence-electron chi connectivity index (χ4n) is 4.22. The van der Waals surface area contributed by atoms with Crippen molar-refractivity contribution < 1.29 is 38.0 Å². The van der Waals surface area contributed by atoms with Crippen LogP contribution in [-0.4, -0.2) is 58.4 Å². The summed E-state index contributed by atoms with van der Waals surface area (Å²) >= 11 is 0. The van der Waals surface area contributed by atoms with Gasteiger partial charge in [-0.2, -0.15) is 0 Å². The number of carbonyl (C=O) groups excluding carboxylic acids is 2. The Hall–Kier alpha value is -4.00. The van der Waals surface area contributed by atoms with Crippen LogP contribution >= 0.6 is 0 Å². The number of primary amides is 1. The molecule has 0 aliphatic carbocycles. The second-order valence-corrected chi connectivity index (χ2v) is 8.09. The van der Waals surface area contributed by atoms with Crippen molar-refractivity contribution in [2.45, 2.75) is 30.8 Å². The van der Waals surface area contributed by atoms with E-state index in [9.17, 15) is 9.59 Å². The first kappa shape index (κ1) is 21.5. The lowest BCUT2D eigenvalue weighted by atomic mass is 10.1. The largest absolute Gasteiger partial charge is 0.459 e. The molecule has 3 aliphatic rings. The third-order valence-corrected chi connectivity index (χ3v) is 5.90. The summed E-state index contributed by atoms with van der Waals surface area (Å²) in [6.07, 6.45) is -1.93. The highest BCUT2D eigenvalue weighted by Gasteiger charge is 2.54. The van der Waals surface area contributed by atoms with Crippen molar-refractivity contribution in [3.63, 3.8) is 0 Å². The van der Waals surface area contributed by atoms with E-state index < -0.39 is 42.7 Å². The van der Waals surface area contributed by atoms with Crippen LogP contribution < -0.4 is 15.2 Å². The van der Waals surface area contributed by atoms with Crippen LogP contribution in [0, 0.1) is 0 Å². The van der Waals surface area contributed by atoms with Crippen LogP contribution in [0.2, 0.25) is 0 Å². The van der Waals surface area contributed by atoms with Crippen molar-refractivity contribution in [1.29, 1.82) is 0 Å². The van der Waals surface area contributed by atoms with Gasteiger partial charge in [-0.1, -0.05) is 30.3 Å². The van der Waals surface area contributed by atoms with Crippen molar-refractivity contribution >= 4 is 11.9 Å². The fourth-order valence-corrected chi connectivity index (χ4v) is 4.22. The summed E-state index contributed by atoms with van der Waals surface area (Å²) in [7, 11) is 0. The predicted octanol–water partition coefficient (Wildman–Crippen LogP) is 1.34. The highest BCUT2D eigenvalue weighted by Crippen LogP contribution is 2.44. The number of benzene rings is 2. The molecule has 5 atom stereocenters. The van der Waals surface area contributed by atoms with Crippen LogP contribution in [0.25, 0.3) is 0 Å². The number of esters is 1. The molecule has 0 spiro atoms. The maximum Gasteiger partial charge on any atom is 0.338 e. The molecule has 2 saturated heterocycles. The normalized spacial score (nSPS) is 26.5. The molecule has 12 heteroatoms. The molecule has 2 aromatic carbocycles. The number of hydrogen-bond donors (Lipinski definition) is 1. The molecule has 2 fully saturated rings. The molecule has 0 radical (unpaired) electrons. The topological polar surface area (TPSA) is 146 Å². The summed E-state index contributed by atoms with van der Waals surface area (Å²) in [5.74, 6) is -0.425. The first-order valence-electron chi connectivity index (χ1n) is 10.9. The van der Waals surface area contributed by atoms with Gasteiger partial charge in [-0.15, -0.1) is 5.10 Å². The third kappa shape index (κ3) is 3.97. The van der Waals surface area contributed by atoms with Gasteiger partial charge in [0.05, 0.1) is 5.56 Å². The summed E-state index contributed by atoms with van der Waals surface area (Å²) in [5.41, 5.74) is 6.42. The molecule has 0 saturated carbocycles. The minimum Gasteiger partial charge on any atom is -0.459 e. The zero-order valence-corrected chi connectivity index (χ0v) is 18.2. The van der Waals surface area contributed by atoms with Crippen molar-refractivity contribution in [2.75, 3.05) is 13.4 Å². The van der Waals surface area contributed by atoms with E-state index >= 15 is 0 Å². The van der Waals surface area contributed by atoms with Crippen molar-refractivity contribution in [3.05, 3.63) is 71.8 Å². The number of hydrogen-bond acceptors (Lipinski definition) is 10. The van der Waals surface area contributed by atoms with Crippen LogP contribution in [0.5, 0.6) is 11.5 Å². The van der Waals surface area contributed by atoms with Gasteiger partial charge in [0.15, 0.2) is 24.0 Å². The fraction of sp³-hybridized carbons (Fsp3) is 0.304. The molecule has 35 heavy (non-hydrogen) atoms. The van der Waals surface area contributed by atoms with E-state index in [0.29, 0.717) is 17.1 Å². The van der Waals surface area contributed by atoms with Gasteiger partial charge in [0.25, 0.3) is 5.91 Å². The van der Waals surface area contributed by atoms with Gasteiger partial charge in [0, 0.05) is 5.56 Å². The zero-order valence-electron chi connectivity index (χ0n) is 18.2. The van der Waals surface area contributed by atoms with Crippen LogP contribution in [0.4, 0.5) is 0 Å². The molecule has 6 rings (SSSR count). The van der Waals surface area contributed by atoms with Gasteiger partial charge in [0.1, 0.15) is 31.2 Å². The molecule has 180 valence electrons. The minimum atomic E-state index is -0.774. The van der Waals surface area contributed by atoms with Gasteiger partial charge in [-0.25, -0.2) is 14.5 Å². The van der Waals surface area contributed by atoms with Gasteiger partial charge >= 0.3 is 5.97 Å². The van der Waals surface area contributed by atoms with E-state index in [1.54, 1.807) is 18.2 Å². The van der Waals surface area contributed by atoms with Crippen LogP contribution in [0.1, 0.15) is 39.1 Å². The molecule has 1 aromatic heterocycles. The standard InChI is InChI=1S/C23H20N4O8/c24-19(28)20-25-10-27(26-20)21-18-17(34-23(35-18)12-4-2-1-3-5-12)16(33-21)9-30-22(29)13-6-7-14-15(8-13)32-11-31-14/h1-8,10,16-18,21,23H,9,11H2,(H2,24,28)/t16?,17?,18-,21?,23?/m1/s1. The summed E-state index contributed by atoms with van der Waals surface area (Å²) in [6.45, 7) is 0.00105. The van der Waals surface area contributed by atoms with Crippen molar-refractivity contribution in [2.24, 2.45) is 5.73 Å². The number of fused-ring (bicyclic) bond motifs is 2. The molecule has 4 heterocycles. The summed E-state index contributed by atoms with van der Waals surface area (Å²) in [5, 5.41) is 4.10. The van der Waals surface area contributed by atoms with E-state index in [4.69, 9.17) is 34.2 Å². The predicted molar refractivity (Wildman–Crippen MR) is 114 cm³/mol. The highest BCUT2D eigenvalue weighted by atomic mass is 16.8. The van der Waals surface area contributed by atoms with Gasteiger partial charge in [-0.05, 0) is 18.2 Å². The molecule has 0 bridgehead atoms. The van der Waals surface area contributed by atoms with Crippen LogP contribution in [0.3, 0.4) is 0 Å². The van der Waals surface area contributed by atoms with Crippen LogP contribution in [0.15, 0.2) is 54.9 Å². The Bertz CT molecular complexity index is 1270. The quantitative estimate of drug-likeness (QED) is 0.513. The van der Waals surface area contributed by atoms with Gasteiger partial charge < -0.3 is 34.2 Å². The first-order chi connectivity index (χ1) is 17.1. The van der Waals surface area contributed by atoms with E-state index in [-0.39, 0.29) is 19.2 Å². The summed E-state index contributed by atoms with van der Waals surface area (Å²) in [4.78, 5) is 28.1.